The number of amides is 2. The number of fused-ring (bicyclic) bond motifs is 1. The third-order valence-electron chi connectivity index (χ3n) is 4.56. The van der Waals surface area contributed by atoms with Crippen LogP contribution in [0, 0.1) is 6.92 Å². The normalized spacial score (nSPS) is 13.2. The number of nitrogens with zero attached hydrogens (tertiary/aromatic N) is 1. The predicted octanol–water partition coefficient (Wildman–Crippen LogP) is 3.02. The molecule has 1 aliphatic rings. The summed E-state index contributed by atoms with van der Waals surface area (Å²) in [5, 5.41) is 2.85. The van der Waals surface area contributed by atoms with E-state index in [2.05, 4.69) is 11.4 Å². The molecule has 1 N–H and O–H groups in total. The van der Waals surface area contributed by atoms with Crippen LogP contribution in [-0.4, -0.2) is 24.9 Å². The minimum absolute atomic E-state index is 0.0457. The lowest BCUT2D eigenvalue weighted by molar-refractivity contribution is -0.121. The van der Waals surface area contributed by atoms with Crippen molar-refractivity contribution in [1.29, 1.82) is 0 Å². The number of carbonyl (C=O) groups is 2. The van der Waals surface area contributed by atoms with E-state index in [1.807, 2.05) is 54.3 Å². The van der Waals surface area contributed by atoms with E-state index in [1.165, 1.54) is 11.1 Å². The van der Waals surface area contributed by atoms with Crippen molar-refractivity contribution >= 4 is 17.5 Å². The highest BCUT2D eigenvalue weighted by atomic mass is 16.2. The molecule has 0 saturated carbocycles. The molecule has 0 aromatic heterocycles. The Kier molecular flexibility index (Phi) is 5.49. The zero-order valence-electron chi connectivity index (χ0n) is 14.6. The second kappa shape index (κ2) is 7.97. The Hall–Kier alpha value is -2.62. The monoisotopic (exact) mass is 336 g/mol. The number of nitrogens with one attached hydrogen (secondary N) is 1. The van der Waals surface area contributed by atoms with Crippen LogP contribution in [0.15, 0.2) is 48.5 Å². The Balaban J connectivity index is 1.48. The summed E-state index contributed by atoms with van der Waals surface area (Å²) in [6.45, 7) is 3.16. The molecule has 0 atom stereocenters. The lowest BCUT2D eigenvalue weighted by Gasteiger charge is -2.29. The van der Waals surface area contributed by atoms with Crippen LogP contribution >= 0.6 is 0 Å². The molecule has 1 aliphatic heterocycles. The van der Waals surface area contributed by atoms with Crippen LogP contribution in [0.4, 0.5) is 5.69 Å². The van der Waals surface area contributed by atoms with Crippen molar-refractivity contribution in [2.24, 2.45) is 0 Å². The molecule has 0 aliphatic carbocycles. The van der Waals surface area contributed by atoms with E-state index < -0.39 is 0 Å². The summed E-state index contributed by atoms with van der Waals surface area (Å²) in [7, 11) is 0. The van der Waals surface area contributed by atoms with E-state index in [0.29, 0.717) is 19.4 Å². The van der Waals surface area contributed by atoms with Gasteiger partial charge in [-0.1, -0.05) is 48.0 Å². The van der Waals surface area contributed by atoms with Gasteiger partial charge in [-0.2, -0.15) is 0 Å². The first kappa shape index (κ1) is 17.2. The fraction of sp³-hybridized carbons (Fsp3) is 0.333. The van der Waals surface area contributed by atoms with Gasteiger partial charge in [0.2, 0.25) is 11.8 Å². The molecule has 2 aromatic carbocycles. The zero-order chi connectivity index (χ0) is 17.6. The quantitative estimate of drug-likeness (QED) is 0.912. The molecule has 130 valence electrons. The van der Waals surface area contributed by atoms with Crippen LogP contribution in [0.3, 0.4) is 0 Å². The Bertz CT molecular complexity index is 753. The van der Waals surface area contributed by atoms with Crippen molar-refractivity contribution in [2.75, 3.05) is 18.0 Å². The van der Waals surface area contributed by atoms with Crippen LogP contribution in [-0.2, 0) is 22.4 Å². The van der Waals surface area contributed by atoms with Crippen molar-refractivity contribution in [3.63, 3.8) is 0 Å². The van der Waals surface area contributed by atoms with Gasteiger partial charge < -0.3 is 10.2 Å². The highest BCUT2D eigenvalue weighted by Gasteiger charge is 2.21. The first-order valence-corrected chi connectivity index (χ1v) is 8.84. The van der Waals surface area contributed by atoms with Gasteiger partial charge in [-0.05, 0) is 37.0 Å². The number of para-hydroxylation sites is 1. The minimum atomic E-state index is -0.0457. The van der Waals surface area contributed by atoms with Crippen LogP contribution in [0.1, 0.15) is 29.5 Å². The molecule has 4 heteroatoms. The number of rotatable bonds is 5. The molecule has 0 spiro atoms. The maximum atomic E-state index is 12.5. The van der Waals surface area contributed by atoms with E-state index in [-0.39, 0.29) is 11.8 Å². The number of benzene rings is 2. The van der Waals surface area contributed by atoms with Crippen molar-refractivity contribution in [1.82, 2.24) is 5.32 Å². The topological polar surface area (TPSA) is 49.4 Å². The summed E-state index contributed by atoms with van der Waals surface area (Å²) in [6, 6.07) is 16.0. The lowest BCUT2D eigenvalue weighted by atomic mass is 10.0. The van der Waals surface area contributed by atoms with Gasteiger partial charge in [0.25, 0.3) is 0 Å². The van der Waals surface area contributed by atoms with Gasteiger partial charge in [0.15, 0.2) is 0 Å². The summed E-state index contributed by atoms with van der Waals surface area (Å²) >= 11 is 0. The maximum absolute atomic E-state index is 12.5. The van der Waals surface area contributed by atoms with E-state index in [1.54, 1.807) is 0 Å². The van der Waals surface area contributed by atoms with Gasteiger partial charge in [-0.15, -0.1) is 0 Å². The number of hydrogen-bond donors (Lipinski definition) is 1. The second-order valence-electron chi connectivity index (χ2n) is 6.54. The third kappa shape index (κ3) is 4.47. The number of anilines is 1. The van der Waals surface area contributed by atoms with Crippen LogP contribution in [0.25, 0.3) is 0 Å². The summed E-state index contributed by atoms with van der Waals surface area (Å²) in [5.41, 5.74) is 4.41. The zero-order valence-corrected chi connectivity index (χ0v) is 14.6. The molecular weight excluding hydrogens is 312 g/mol. The van der Waals surface area contributed by atoms with Crippen molar-refractivity contribution in [3.8, 4) is 0 Å². The first-order valence-electron chi connectivity index (χ1n) is 8.84. The number of carbonyl (C=O) groups excluding carboxylic acids is 2. The van der Waals surface area contributed by atoms with Gasteiger partial charge in [0, 0.05) is 25.2 Å². The number of aryl methyl sites for hydroxylation is 2. The Morgan fingerprint density at radius 3 is 2.64 bits per heavy atom. The molecule has 0 saturated heterocycles. The summed E-state index contributed by atoms with van der Waals surface area (Å²) in [4.78, 5) is 26.4. The summed E-state index contributed by atoms with van der Waals surface area (Å²) < 4.78 is 0. The van der Waals surface area contributed by atoms with Gasteiger partial charge in [-0.25, -0.2) is 0 Å². The van der Waals surface area contributed by atoms with Gasteiger partial charge in [-0.3, -0.25) is 9.59 Å². The van der Waals surface area contributed by atoms with E-state index in [4.69, 9.17) is 0 Å². The fourth-order valence-electron chi connectivity index (χ4n) is 3.19. The Morgan fingerprint density at radius 2 is 1.84 bits per heavy atom. The molecule has 2 aromatic rings. The number of hydrogen-bond acceptors (Lipinski definition) is 2. The smallest absolute Gasteiger partial charge is 0.228 e. The molecule has 2 amide bonds. The molecule has 4 nitrogen and oxygen atoms in total. The van der Waals surface area contributed by atoms with Crippen molar-refractivity contribution in [2.45, 2.75) is 32.6 Å². The highest BCUT2D eigenvalue weighted by Crippen LogP contribution is 2.26. The average molecular weight is 336 g/mol. The molecule has 3 rings (SSSR count). The Labute approximate surface area is 148 Å². The van der Waals surface area contributed by atoms with Gasteiger partial charge >= 0.3 is 0 Å². The molecule has 0 bridgehead atoms. The predicted molar refractivity (Wildman–Crippen MR) is 99.6 cm³/mol. The SMILES string of the molecule is Cc1ccc(CC(=O)NCCC(=O)N2CCCc3ccccc32)cc1. The lowest BCUT2D eigenvalue weighted by Crippen LogP contribution is -2.38. The van der Waals surface area contributed by atoms with Crippen molar-refractivity contribution in [3.05, 3.63) is 65.2 Å². The largest absolute Gasteiger partial charge is 0.355 e. The molecule has 0 radical (unpaired) electrons. The minimum Gasteiger partial charge on any atom is -0.355 e. The molecule has 1 heterocycles. The van der Waals surface area contributed by atoms with E-state index in [9.17, 15) is 9.59 Å². The second-order valence-corrected chi connectivity index (χ2v) is 6.54. The molecule has 25 heavy (non-hydrogen) atoms. The van der Waals surface area contributed by atoms with Crippen molar-refractivity contribution < 1.29 is 9.59 Å². The first-order chi connectivity index (χ1) is 12.1. The maximum Gasteiger partial charge on any atom is 0.228 e. The molecule has 0 fully saturated rings. The van der Waals surface area contributed by atoms with E-state index in [0.717, 1.165) is 30.6 Å². The fourth-order valence-corrected chi connectivity index (χ4v) is 3.19. The average Bonchev–Trinajstić information content (AvgIpc) is 2.63. The Morgan fingerprint density at radius 1 is 1.08 bits per heavy atom. The molecule has 0 unspecified atom stereocenters. The van der Waals surface area contributed by atoms with Gasteiger partial charge in [0.05, 0.1) is 6.42 Å². The third-order valence-corrected chi connectivity index (χ3v) is 4.56. The van der Waals surface area contributed by atoms with Crippen LogP contribution in [0.5, 0.6) is 0 Å². The van der Waals surface area contributed by atoms with E-state index >= 15 is 0 Å². The van der Waals surface area contributed by atoms with Crippen LogP contribution < -0.4 is 10.2 Å². The standard InChI is InChI=1S/C21H24N2O2/c1-16-8-10-17(11-9-16)15-20(24)22-13-12-21(25)23-14-4-6-18-5-2-3-7-19(18)23/h2-3,5,7-11H,4,6,12-15H2,1H3,(H,22,24). The molecular formula is C21H24N2O2. The van der Waals surface area contributed by atoms with Gasteiger partial charge in [0.1, 0.15) is 0 Å². The summed E-state index contributed by atoms with van der Waals surface area (Å²) in [5.74, 6) is 0.0264. The highest BCUT2D eigenvalue weighted by molar-refractivity contribution is 5.95. The summed E-state index contributed by atoms with van der Waals surface area (Å²) in [6.07, 6.45) is 2.69. The van der Waals surface area contributed by atoms with Crippen LogP contribution in [0.2, 0.25) is 0 Å².